The van der Waals surface area contributed by atoms with Crippen molar-refractivity contribution in [3.8, 4) is 0 Å². The second-order valence-electron chi connectivity index (χ2n) is 5.11. The Hall–Kier alpha value is -2.80. The molecule has 5 nitrogen and oxygen atoms in total. The van der Waals surface area contributed by atoms with E-state index in [4.69, 9.17) is 0 Å². The van der Waals surface area contributed by atoms with E-state index in [0.717, 1.165) is 0 Å². The van der Waals surface area contributed by atoms with Gasteiger partial charge in [0.25, 0.3) is 0 Å². The number of para-hydroxylation sites is 1. The van der Waals surface area contributed by atoms with Crippen LogP contribution >= 0.6 is 0 Å². The Labute approximate surface area is 138 Å². The third-order valence-electron chi connectivity index (χ3n) is 3.32. The van der Waals surface area contributed by atoms with Crippen molar-refractivity contribution < 1.29 is 18.4 Å². The number of hydrogen-bond donors (Lipinski definition) is 3. The maximum absolute atomic E-state index is 13.6. The normalized spacial score (nSPS) is 11.6. The van der Waals surface area contributed by atoms with Gasteiger partial charge >= 0.3 is 6.03 Å². The summed E-state index contributed by atoms with van der Waals surface area (Å²) in [4.78, 5) is 23.4. The van der Waals surface area contributed by atoms with E-state index in [1.807, 2.05) is 0 Å². The third-order valence-corrected chi connectivity index (χ3v) is 3.32. The Bertz CT molecular complexity index is 737. The average Bonchev–Trinajstić information content (AvgIpc) is 2.55. The van der Waals surface area contributed by atoms with Crippen molar-refractivity contribution in [2.24, 2.45) is 0 Å². The molecule has 3 amide bonds. The van der Waals surface area contributed by atoms with Gasteiger partial charge in [0.1, 0.15) is 11.6 Å². The van der Waals surface area contributed by atoms with Gasteiger partial charge in [-0.25, -0.2) is 13.6 Å². The van der Waals surface area contributed by atoms with Crippen LogP contribution in [-0.2, 0) is 4.79 Å². The molecular formula is C17H17F2N3O2. The minimum Gasteiger partial charge on any atom is -0.305 e. The molecule has 7 heteroatoms. The van der Waals surface area contributed by atoms with Gasteiger partial charge in [0.15, 0.2) is 0 Å². The van der Waals surface area contributed by atoms with Crippen molar-refractivity contribution in [2.75, 3.05) is 11.9 Å². The van der Waals surface area contributed by atoms with E-state index >= 15 is 0 Å². The van der Waals surface area contributed by atoms with Crippen LogP contribution in [-0.4, -0.2) is 18.5 Å². The van der Waals surface area contributed by atoms with Crippen LogP contribution in [0.2, 0.25) is 0 Å². The van der Waals surface area contributed by atoms with Crippen molar-refractivity contribution in [3.63, 3.8) is 0 Å². The molecule has 0 aliphatic carbocycles. The van der Waals surface area contributed by atoms with Gasteiger partial charge in [-0.3, -0.25) is 10.1 Å². The standard InChI is InChI=1S/C17H17F2N3O2/c1-11(12-6-2-3-7-13(12)18)20-10-16(23)22-17(24)21-15-9-5-4-8-14(15)19/h2-9,11,20H,10H2,1H3,(H2,21,22,23,24). The monoisotopic (exact) mass is 333 g/mol. The van der Waals surface area contributed by atoms with Gasteiger partial charge in [-0.1, -0.05) is 30.3 Å². The SMILES string of the molecule is CC(NCC(=O)NC(=O)Nc1ccccc1F)c1ccccc1F. The van der Waals surface area contributed by atoms with E-state index in [0.29, 0.717) is 5.56 Å². The van der Waals surface area contributed by atoms with Crippen LogP contribution in [0.15, 0.2) is 48.5 Å². The zero-order valence-electron chi connectivity index (χ0n) is 13.0. The van der Waals surface area contributed by atoms with Gasteiger partial charge < -0.3 is 10.6 Å². The topological polar surface area (TPSA) is 70.2 Å². The highest BCUT2D eigenvalue weighted by molar-refractivity contribution is 6.01. The number of rotatable bonds is 5. The molecule has 0 bridgehead atoms. The number of hydrogen-bond acceptors (Lipinski definition) is 3. The summed E-state index contributed by atoms with van der Waals surface area (Å²) in [6.45, 7) is 1.51. The van der Waals surface area contributed by atoms with Gasteiger partial charge in [-0.05, 0) is 25.1 Å². The number of benzene rings is 2. The molecule has 2 aromatic carbocycles. The van der Waals surface area contributed by atoms with Gasteiger partial charge in [0, 0.05) is 11.6 Å². The Kier molecular flexibility index (Phi) is 5.97. The molecule has 24 heavy (non-hydrogen) atoms. The predicted octanol–water partition coefficient (Wildman–Crippen LogP) is 2.96. The first-order chi connectivity index (χ1) is 11.5. The molecule has 0 aliphatic rings. The lowest BCUT2D eigenvalue weighted by Crippen LogP contribution is -2.40. The van der Waals surface area contributed by atoms with Crippen LogP contribution in [0.3, 0.4) is 0 Å². The van der Waals surface area contributed by atoms with Crippen LogP contribution in [0.25, 0.3) is 0 Å². The lowest BCUT2D eigenvalue weighted by molar-refractivity contribution is -0.119. The fraction of sp³-hybridized carbons (Fsp3) is 0.176. The Balaban J connectivity index is 1.82. The number of amides is 3. The zero-order valence-corrected chi connectivity index (χ0v) is 13.0. The van der Waals surface area contributed by atoms with Crippen molar-refractivity contribution >= 4 is 17.6 Å². The molecular weight excluding hydrogens is 316 g/mol. The fourth-order valence-electron chi connectivity index (χ4n) is 2.07. The molecule has 2 rings (SSSR count). The molecule has 0 radical (unpaired) electrons. The maximum atomic E-state index is 13.6. The summed E-state index contributed by atoms with van der Waals surface area (Å²) in [7, 11) is 0. The van der Waals surface area contributed by atoms with Gasteiger partial charge in [-0.2, -0.15) is 0 Å². The minimum atomic E-state index is -0.842. The van der Waals surface area contributed by atoms with E-state index in [1.165, 1.54) is 24.3 Å². The molecule has 0 heterocycles. The lowest BCUT2D eigenvalue weighted by atomic mass is 10.1. The Morgan fingerprint density at radius 1 is 1.00 bits per heavy atom. The molecule has 126 valence electrons. The quantitative estimate of drug-likeness (QED) is 0.788. The zero-order chi connectivity index (χ0) is 17.5. The third kappa shape index (κ3) is 4.85. The first-order valence-corrected chi connectivity index (χ1v) is 7.30. The van der Waals surface area contributed by atoms with Crippen LogP contribution in [0.4, 0.5) is 19.3 Å². The van der Waals surface area contributed by atoms with Gasteiger partial charge in [0.05, 0.1) is 12.2 Å². The van der Waals surface area contributed by atoms with Crippen LogP contribution in [0.5, 0.6) is 0 Å². The lowest BCUT2D eigenvalue weighted by Gasteiger charge is -2.14. The van der Waals surface area contributed by atoms with Crippen molar-refractivity contribution in [1.82, 2.24) is 10.6 Å². The van der Waals surface area contributed by atoms with Crippen LogP contribution in [0, 0.1) is 11.6 Å². The van der Waals surface area contributed by atoms with Crippen LogP contribution in [0.1, 0.15) is 18.5 Å². The second-order valence-corrected chi connectivity index (χ2v) is 5.11. The summed E-state index contributed by atoms with van der Waals surface area (Å²) in [6, 6.07) is 10.6. The molecule has 0 fully saturated rings. The summed E-state index contributed by atoms with van der Waals surface area (Å²) in [5.74, 6) is -1.60. The van der Waals surface area contributed by atoms with E-state index in [-0.39, 0.29) is 18.0 Å². The second kappa shape index (κ2) is 8.16. The Morgan fingerprint density at radius 3 is 2.29 bits per heavy atom. The molecule has 3 N–H and O–H groups in total. The molecule has 2 aromatic rings. The van der Waals surface area contributed by atoms with E-state index in [2.05, 4.69) is 16.0 Å². The predicted molar refractivity (Wildman–Crippen MR) is 86.4 cm³/mol. The number of imide groups is 1. The van der Waals surface area contributed by atoms with E-state index in [9.17, 15) is 18.4 Å². The number of carbonyl (C=O) groups is 2. The largest absolute Gasteiger partial charge is 0.326 e. The van der Waals surface area contributed by atoms with E-state index in [1.54, 1.807) is 31.2 Å². The molecule has 0 saturated heterocycles. The number of halogens is 2. The highest BCUT2D eigenvalue weighted by Gasteiger charge is 2.13. The molecule has 1 atom stereocenters. The fourth-order valence-corrected chi connectivity index (χ4v) is 2.07. The maximum Gasteiger partial charge on any atom is 0.326 e. The van der Waals surface area contributed by atoms with Crippen molar-refractivity contribution in [3.05, 3.63) is 65.7 Å². The minimum absolute atomic E-state index is 0.0320. The highest BCUT2D eigenvalue weighted by atomic mass is 19.1. The first-order valence-electron chi connectivity index (χ1n) is 7.30. The number of urea groups is 1. The van der Waals surface area contributed by atoms with Crippen LogP contribution < -0.4 is 16.0 Å². The van der Waals surface area contributed by atoms with Gasteiger partial charge in [0.2, 0.25) is 5.91 Å². The number of anilines is 1. The summed E-state index contributed by atoms with van der Waals surface area (Å²) in [5.41, 5.74) is 0.386. The summed E-state index contributed by atoms with van der Waals surface area (Å²) in [5, 5.41) is 7.12. The molecule has 1 unspecified atom stereocenters. The Morgan fingerprint density at radius 2 is 1.62 bits per heavy atom. The summed E-state index contributed by atoms with van der Waals surface area (Å²) >= 11 is 0. The highest BCUT2D eigenvalue weighted by Crippen LogP contribution is 2.15. The smallest absolute Gasteiger partial charge is 0.305 e. The summed E-state index contributed by atoms with van der Waals surface area (Å²) < 4.78 is 27.0. The molecule has 0 saturated carbocycles. The molecule has 0 aliphatic heterocycles. The van der Waals surface area contributed by atoms with Crippen molar-refractivity contribution in [1.29, 1.82) is 0 Å². The molecule has 0 spiro atoms. The molecule has 0 aromatic heterocycles. The summed E-state index contributed by atoms with van der Waals surface area (Å²) in [6.07, 6.45) is 0. The van der Waals surface area contributed by atoms with Gasteiger partial charge in [-0.15, -0.1) is 0 Å². The average molecular weight is 333 g/mol. The van der Waals surface area contributed by atoms with Crippen molar-refractivity contribution in [2.45, 2.75) is 13.0 Å². The van der Waals surface area contributed by atoms with E-state index < -0.39 is 23.8 Å². The number of nitrogens with one attached hydrogen (secondary N) is 3. The number of carbonyl (C=O) groups excluding carboxylic acids is 2. The first kappa shape index (κ1) is 17.6.